The minimum atomic E-state index is -0.226. The van der Waals surface area contributed by atoms with Gasteiger partial charge in [-0.15, -0.1) is 0 Å². The molecular weight excluding hydrogens is 272 g/mol. The van der Waals surface area contributed by atoms with Gasteiger partial charge in [-0.3, -0.25) is 14.5 Å². The van der Waals surface area contributed by atoms with Crippen molar-refractivity contribution >= 4 is 11.9 Å². The van der Waals surface area contributed by atoms with E-state index in [-0.39, 0.29) is 24.2 Å². The van der Waals surface area contributed by atoms with Crippen LogP contribution in [0.2, 0.25) is 0 Å². The van der Waals surface area contributed by atoms with Gasteiger partial charge in [-0.25, -0.2) is 0 Å². The molecule has 1 N–H and O–H groups in total. The summed E-state index contributed by atoms with van der Waals surface area (Å²) in [7, 11) is 0. The SMILES string of the molecule is CCOC(=O)CN1CCN(C(=O)c2ccc(O)cc2)CC1. The molecule has 6 nitrogen and oxygen atoms in total. The molecule has 0 atom stereocenters. The number of hydrogen-bond acceptors (Lipinski definition) is 5. The van der Waals surface area contributed by atoms with Crippen LogP contribution >= 0.6 is 0 Å². The maximum Gasteiger partial charge on any atom is 0.320 e. The van der Waals surface area contributed by atoms with Gasteiger partial charge in [0.15, 0.2) is 0 Å². The molecule has 0 saturated carbocycles. The van der Waals surface area contributed by atoms with E-state index in [1.54, 1.807) is 24.0 Å². The Hall–Kier alpha value is -2.08. The molecule has 0 aromatic heterocycles. The van der Waals surface area contributed by atoms with Gasteiger partial charge in [0.25, 0.3) is 5.91 Å². The Morgan fingerprint density at radius 3 is 2.33 bits per heavy atom. The third-order valence-corrected chi connectivity index (χ3v) is 3.43. The summed E-state index contributed by atoms with van der Waals surface area (Å²) in [5.41, 5.74) is 0.562. The molecular formula is C15H20N2O4. The number of carbonyl (C=O) groups excluding carboxylic acids is 2. The van der Waals surface area contributed by atoms with Crippen molar-refractivity contribution in [2.24, 2.45) is 0 Å². The first-order chi connectivity index (χ1) is 10.1. The molecule has 1 aliphatic rings. The topological polar surface area (TPSA) is 70.1 Å². The first-order valence-corrected chi connectivity index (χ1v) is 7.06. The summed E-state index contributed by atoms with van der Waals surface area (Å²) in [6, 6.07) is 6.24. The third kappa shape index (κ3) is 4.19. The number of nitrogens with zero attached hydrogens (tertiary/aromatic N) is 2. The fourth-order valence-corrected chi connectivity index (χ4v) is 2.28. The molecule has 1 saturated heterocycles. The highest BCUT2D eigenvalue weighted by atomic mass is 16.5. The average Bonchev–Trinajstić information content (AvgIpc) is 2.48. The zero-order valence-corrected chi connectivity index (χ0v) is 12.1. The molecule has 1 aliphatic heterocycles. The summed E-state index contributed by atoms with van der Waals surface area (Å²) < 4.78 is 4.91. The van der Waals surface area contributed by atoms with Gasteiger partial charge in [0, 0.05) is 31.7 Å². The van der Waals surface area contributed by atoms with E-state index in [2.05, 4.69) is 0 Å². The van der Waals surface area contributed by atoms with Crippen molar-refractivity contribution in [1.82, 2.24) is 9.80 Å². The van der Waals surface area contributed by atoms with Crippen molar-refractivity contribution < 1.29 is 19.4 Å². The van der Waals surface area contributed by atoms with Crippen molar-refractivity contribution in [3.8, 4) is 5.75 Å². The lowest BCUT2D eigenvalue weighted by Gasteiger charge is -2.34. The first kappa shape index (κ1) is 15.3. The summed E-state index contributed by atoms with van der Waals surface area (Å²) in [5.74, 6) is -0.132. The van der Waals surface area contributed by atoms with Gasteiger partial charge in [-0.2, -0.15) is 0 Å². The quantitative estimate of drug-likeness (QED) is 0.828. The number of benzene rings is 1. The van der Waals surface area contributed by atoms with E-state index in [4.69, 9.17) is 4.74 Å². The number of piperazine rings is 1. The number of esters is 1. The molecule has 1 amide bonds. The smallest absolute Gasteiger partial charge is 0.320 e. The number of aromatic hydroxyl groups is 1. The average molecular weight is 292 g/mol. The minimum absolute atomic E-state index is 0.0502. The number of hydrogen-bond donors (Lipinski definition) is 1. The van der Waals surface area contributed by atoms with E-state index in [1.807, 2.05) is 4.90 Å². The van der Waals surface area contributed by atoms with Crippen molar-refractivity contribution in [3.63, 3.8) is 0 Å². The number of carbonyl (C=O) groups is 2. The lowest BCUT2D eigenvalue weighted by molar-refractivity contribution is -0.144. The molecule has 0 bridgehead atoms. The summed E-state index contributed by atoms with van der Waals surface area (Å²) >= 11 is 0. The fraction of sp³-hybridized carbons (Fsp3) is 0.467. The highest BCUT2D eigenvalue weighted by Crippen LogP contribution is 2.13. The Morgan fingerprint density at radius 2 is 1.76 bits per heavy atom. The van der Waals surface area contributed by atoms with E-state index in [0.29, 0.717) is 38.3 Å². The Balaban J connectivity index is 1.84. The number of amides is 1. The largest absolute Gasteiger partial charge is 0.508 e. The summed E-state index contributed by atoms with van der Waals surface area (Å²) in [4.78, 5) is 27.4. The van der Waals surface area contributed by atoms with Gasteiger partial charge in [0.05, 0.1) is 13.2 Å². The molecule has 0 unspecified atom stereocenters. The van der Waals surface area contributed by atoms with Crippen LogP contribution in [0.1, 0.15) is 17.3 Å². The van der Waals surface area contributed by atoms with Crippen LogP contribution in [0.3, 0.4) is 0 Å². The van der Waals surface area contributed by atoms with E-state index < -0.39 is 0 Å². The zero-order chi connectivity index (χ0) is 15.2. The molecule has 6 heteroatoms. The van der Waals surface area contributed by atoms with Gasteiger partial charge in [0.1, 0.15) is 5.75 Å². The second-order valence-corrected chi connectivity index (χ2v) is 4.92. The number of rotatable bonds is 4. The van der Waals surface area contributed by atoms with Crippen LogP contribution in [-0.2, 0) is 9.53 Å². The molecule has 1 heterocycles. The predicted molar refractivity (Wildman–Crippen MR) is 77.1 cm³/mol. The summed E-state index contributed by atoms with van der Waals surface area (Å²) in [5, 5.41) is 9.24. The third-order valence-electron chi connectivity index (χ3n) is 3.43. The fourth-order valence-electron chi connectivity index (χ4n) is 2.28. The van der Waals surface area contributed by atoms with E-state index in [9.17, 15) is 14.7 Å². The van der Waals surface area contributed by atoms with Gasteiger partial charge in [-0.1, -0.05) is 0 Å². The van der Waals surface area contributed by atoms with Crippen LogP contribution < -0.4 is 0 Å². The molecule has 1 fully saturated rings. The Kier molecular flexibility index (Phi) is 5.16. The molecule has 21 heavy (non-hydrogen) atoms. The second-order valence-electron chi connectivity index (χ2n) is 4.92. The second kappa shape index (κ2) is 7.08. The zero-order valence-electron chi connectivity index (χ0n) is 12.1. The van der Waals surface area contributed by atoms with Crippen LogP contribution in [0.25, 0.3) is 0 Å². The van der Waals surface area contributed by atoms with Crippen LogP contribution in [0, 0.1) is 0 Å². The number of ether oxygens (including phenoxy) is 1. The standard InChI is InChI=1S/C15H20N2O4/c1-2-21-14(19)11-16-7-9-17(10-8-16)15(20)12-3-5-13(18)6-4-12/h3-6,18H,2,7-11H2,1H3. The Bertz CT molecular complexity index is 493. The van der Waals surface area contributed by atoms with Gasteiger partial charge in [-0.05, 0) is 31.2 Å². The molecule has 0 radical (unpaired) electrons. The summed E-state index contributed by atoms with van der Waals surface area (Å²) in [6.45, 7) is 4.92. The van der Waals surface area contributed by atoms with Crippen LogP contribution in [0.4, 0.5) is 0 Å². The normalized spacial score (nSPS) is 15.8. The highest BCUT2D eigenvalue weighted by molar-refractivity contribution is 5.94. The van der Waals surface area contributed by atoms with Gasteiger partial charge >= 0.3 is 5.97 Å². The summed E-state index contributed by atoms with van der Waals surface area (Å²) in [6.07, 6.45) is 0. The van der Waals surface area contributed by atoms with E-state index in [0.717, 1.165) is 0 Å². The van der Waals surface area contributed by atoms with E-state index >= 15 is 0 Å². The maximum atomic E-state index is 12.3. The Morgan fingerprint density at radius 1 is 1.14 bits per heavy atom. The van der Waals surface area contributed by atoms with Crippen LogP contribution in [-0.4, -0.2) is 66.1 Å². The monoisotopic (exact) mass is 292 g/mol. The molecule has 0 aliphatic carbocycles. The lowest BCUT2D eigenvalue weighted by Crippen LogP contribution is -2.50. The number of phenolic OH excluding ortho intramolecular Hbond substituents is 1. The molecule has 1 aromatic carbocycles. The van der Waals surface area contributed by atoms with Gasteiger partial charge < -0.3 is 14.7 Å². The van der Waals surface area contributed by atoms with Crippen molar-refractivity contribution in [1.29, 1.82) is 0 Å². The van der Waals surface area contributed by atoms with Crippen molar-refractivity contribution in [3.05, 3.63) is 29.8 Å². The van der Waals surface area contributed by atoms with Crippen LogP contribution in [0.5, 0.6) is 5.75 Å². The van der Waals surface area contributed by atoms with Crippen molar-refractivity contribution in [2.45, 2.75) is 6.92 Å². The minimum Gasteiger partial charge on any atom is -0.508 e. The number of phenols is 1. The lowest BCUT2D eigenvalue weighted by atomic mass is 10.1. The first-order valence-electron chi connectivity index (χ1n) is 7.06. The molecule has 0 spiro atoms. The van der Waals surface area contributed by atoms with E-state index in [1.165, 1.54) is 12.1 Å². The predicted octanol–water partition coefficient (Wildman–Crippen LogP) is 0.713. The highest BCUT2D eigenvalue weighted by Gasteiger charge is 2.23. The van der Waals surface area contributed by atoms with Gasteiger partial charge in [0.2, 0.25) is 0 Å². The van der Waals surface area contributed by atoms with Crippen LogP contribution in [0.15, 0.2) is 24.3 Å². The maximum absolute atomic E-state index is 12.3. The Labute approximate surface area is 123 Å². The van der Waals surface area contributed by atoms with Crippen molar-refractivity contribution in [2.75, 3.05) is 39.3 Å². The molecule has 114 valence electrons. The molecule has 1 aromatic rings. The molecule has 2 rings (SSSR count).